The molecule has 0 spiro atoms. The van der Waals surface area contributed by atoms with Crippen LogP contribution in [-0.2, 0) is 0 Å². The Labute approximate surface area is 115 Å². The number of likely N-dealkylation sites (N-methyl/N-ethyl adjacent to an activating group) is 1. The first kappa shape index (κ1) is 12.3. The molecule has 0 radical (unpaired) electrons. The van der Waals surface area contributed by atoms with E-state index in [2.05, 4.69) is 76.1 Å². The number of fused-ring (bicyclic) bond motifs is 3. The molecule has 3 rings (SSSR count). The van der Waals surface area contributed by atoms with Gasteiger partial charge in [-0.25, -0.2) is 0 Å². The van der Waals surface area contributed by atoms with Crippen LogP contribution in [0, 0.1) is 6.92 Å². The van der Waals surface area contributed by atoms with Gasteiger partial charge in [-0.05, 0) is 44.2 Å². The van der Waals surface area contributed by atoms with Crippen LogP contribution in [-0.4, -0.2) is 12.6 Å². The third-order valence-corrected chi connectivity index (χ3v) is 4.38. The molecule has 0 fully saturated rings. The number of hydrogen-bond donors (Lipinski definition) is 0. The summed E-state index contributed by atoms with van der Waals surface area (Å²) in [6, 6.07) is 11.0. The molecule has 1 aliphatic rings. The van der Waals surface area contributed by atoms with E-state index in [0.29, 0.717) is 0 Å². The smallest absolute Gasteiger partial charge is 0.0531 e. The van der Waals surface area contributed by atoms with E-state index in [4.69, 9.17) is 0 Å². The summed E-state index contributed by atoms with van der Waals surface area (Å²) in [6.07, 6.45) is 2.37. The normalized spacial score (nSPS) is 17.3. The second kappa shape index (κ2) is 3.86. The van der Waals surface area contributed by atoms with E-state index >= 15 is 0 Å². The Morgan fingerprint density at radius 1 is 1.05 bits per heavy atom. The number of nitrogens with zero attached hydrogens (tertiary/aromatic N) is 1. The number of hydrogen-bond acceptors (Lipinski definition) is 1. The zero-order valence-corrected chi connectivity index (χ0v) is 12.4. The molecular weight excluding hydrogens is 230 g/mol. The van der Waals surface area contributed by atoms with Crippen LogP contribution >= 0.6 is 0 Å². The van der Waals surface area contributed by atoms with E-state index in [0.717, 1.165) is 0 Å². The van der Waals surface area contributed by atoms with Crippen molar-refractivity contribution in [2.75, 3.05) is 11.9 Å². The predicted octanol–water partition coefficient (Wildman–Crippen LogP) is 4.78. The maximum absolute atomic E-state index is 2.41. The van der Waals surface area contributed by atoms with Crippen LogP contribution in [0.2, 0.25) is 0 Å². The second-order valence-corrected chi connectivity index (χ2v) is 6.18. The lowest BCUT2D eigenvalue weighted by atomic mass is 9.85. The van der Waals surface area contributed by atoms with Gasteiger partial charge in [0.15, 0.2) is 0 Å². The molecule has 0 amide bonds. The highest BCUT2D eigenvalue weighted by Gasteiger charge is 2.30. The highest BCUT2D eigenvalue weighted by molar-refractivity contribution is 6.02. The Balaban J connectivity index is 2.47. The lowest BCUT2D eigenvalue weighted by Crippen LogP contribution is -2.42. The van der Waals surface area contributed by atoms with Crippen LogP contribution < -0.4 is 4.90 Å². The molecule has 98 valence electrons. The molecule has 0 N–H and O–H groups in total. The van der Waals surface area contributed by atoms with E-state index in [1.54, 1.807) is 0 Å². The summed E-state index contributed by atoms with van der Waals surface area (Å²) in [4.78, 5) is 2.41. The maximum atomic E-state index is 2.41. The Kier molecular flexibility index (Phi) is 2.50. The van der Waals surface area contributed by atoms with Gasteiger partial charge in [0.05, 0.1) is 11.2 Å². The predicted molar refractivity (Wildman–Crippen MR) is 84.8 cm³/mol. The molecule has 0 saturated heterocycles. The minimum Gasteiger partial charge on any atom is -0.365 e. The highest BCUT2D eigenvalue weighted by atomic mass is 15.2. The first-order valence-electron chi connectivity index (χ1n) is 6.88. The van der Waals surface area contributed by atoms with E-state index < -0.39 is 0 Å². The van der Waals surface area contributed by atoms with Gasteiger partial charge in [0.25, 0.3) is 0 Å². The van der Waals surface area contributed by atoms with Gasteiger partial charge in [0.1, 0.15) is 0 Å². The number of anilines is 1. The molecule has 2 aromatic carbocycles. The summed E-state index contributed by atoms with van der Waals surface area (Å²) in [6.45, 7) is 9.00. The fourth-order valence-corrected chi connectivity index (χ4v) is 3.30. The van der Waals surface area contributed by atoms with Crippen molar-refractivity contribution in [3.63, 3.8) is 0 Å². The summed E-state index contributed by atoms with van der Waals surface area (Å²) in [5.74, 6) is 0. The Morgan fingerprint density at radius 2 is 1.74 bits per heavy atom. The van der Waals surface area contributed by atoms with Crippen LogP contribution in [0.15, 0.2) is 36.4 Å². The van der Waals surface area contributed by atoms with Gasteiger partial charge < -0.3 is 4.90 Å². The average Bonchev–Trinajstić information content (AvgIpc) is 2.34. The number of benzene rings is 2. The average molecular weight is 251 g/mol. The molecule has 0 aromatic heterocycles. The van der Waals surface area contributed by atoms with E-state index in [-0.39, 0.29) is 5.54 Å². The van der Waals surface area contributed by atoms with Gasteiger partial charge >= 0.3 is 0 Å². The molecule has 2 aromatic rings. The molecular formula is C18H21N. The lowest BCUT2D eigenvalue weighted by Gasteiger charge is -2.42. The van der Waals surface area contributed by atoms with Crippen molar-refractivity contribution in [2.24, 2.45) is 0 Å². The number of allylic oxidation sites excluding steroid dienone is 1. The molecule has 1 nitrogen and oxygen atoms in total. The van der Waals surface area contributed by atoms with Crippen LogP contribution in [0.5, 0.6) is 0 Å². The van der Waals surface area contributed by atoms with Gasteiger partial charge in [0.2, 0.25) is 0 Å². The molecule has 1 aliphatic heterocycles. The van der Waals surface area contributed by atoms with Crippen molar-refractivity contribution in [1.29, 1.82) is 0 Å². The van der Waals surface area contributed by atoms with Crippen molar-refractivity contribution in [3.8, 4) is 0 Å². The Morgan fingerprint density at radius 3 is 2.47 bits per heavy atom. The third kappa shape index (κ3) is 1.68. The highest BCUT2D eigenvalue weighted by Crippen LogP contribution is 2.43. The van der Waals surface area contributed by atoms with Gasteiger partial charge in [0, 0.05) is 18.0 Å². The summed E-state index contributed by atoms with van der Waals surface area (Å²) < 4.78 is 0. The van der Waals surface area contributed by atoms with E-state index in [1.807, 2.05) is 0 Å². The fourth-order valence-electron chi connectivity index (χ4n) is 3.30. The van der Waals surface area contributed by atoms with Crippen molar-refractivity contribution < 1.29 is 0 Å². The zero-order chi connectivity index (χ0) is 13.8. The van der Waals surface area contributed by atoms with Gasteiger partial charge in [-0.15, -0.1) is 0 Å². The monoisotopic (exact) mass is 251 g/mol. The molecule has 1 heteroatoms. The Bertz CT molecular complexity index is 692. The summed E-state index contributed by atoms with van der Waals surface area (Å²) in [7, 11) is 2.20. The van der Waals surface area contributed by atoms with Crippen LogP contribution in [0.4, 0.5) is 5.69 Å². The van der Waals surface area contributed by atoms with Crippen molar-refractivity contribution >= 4 is 22.0 Å². The summed E-state index contributed by atoms with van der Waals surface area (Å²) in [5.41, 5.74) is 5.60. The van der Waals surface area contributed by atoms with E-state index in [9.17, 15) is 0 Å². The second-order valence-electron chi connectivity index (χ2n) is 6.18. The molecule has 0 aliphatic carbocycles. The standard InChI is InChI=1S/C18H21N/c1-12-10-14-8-6-7-9-15(14)17-16(12)13(2)11-18(3,4)19(17)5/h6-11H,1-5H3. The van der Waals surface area contributed by atoms with Gasteiger partial charge in [-0.1, -0.05) is 36.4 Å². The van der Waals surface area contributed by atoms with Gasteiger partial charge in [-0.3, -0.25) is 0 Å². The topological polar surface area (TPSA) is 3.24 Å². The molecule has 19 heavy (non-hydrogen) atoms. The fraction of sp³-hybridized carbons (Fsp3) is 0.333. The number of aryl methyl sites for hydroxylation is 1. The van der Waals surface area contributed by atoms with Crippen LogP contribution in [0.25, 0.3) is 16.3 Å². The minimum absolute atomic E-state index is 0.0631. The number of rotatable bonds is 0. The molecule has 0 atom stereocenters. The lowest BCUT2D eigenvalue weighted by molar-refractivity contribution is 0.599. The SMILES string of the molecule is CC1=CC(C)(C)N(C)c2c1c(C)cc1ccccc21. The molecule has 0 saturated carbocycles. The largest absolute Gasteiger partial charge is 0.365 e. The molecule has 0 bridgehead atoms. The quantitative estimate of drug-likeness (QED) is 0.651. The first-order chi connectivity index (χ1) is 8.92. The van der Waals surface area contributed by atoms with E-state index in [1.165, 1.54) is 33.2 Å². The third-order valence-electron chi connectivity index (χ3n) is 4.38. The minimum atomic E-state index is 0.0631. The van der Waals surface area contributed by atoms with Crippen molar-refractivity contribution in [1.82, 2.24) is 0 Å². The van der Waals surface area contributed by atoms with Crippen molar-refractivity contribution in [3.05, 3.63) is 47.5 Å². The van der Waals surface area contributed by atoms with Crippen LogP contribution in [0.1, 0.15) is 31.9 Å². The molecule has 1 heterocycles. The Hall–Kier alpha value is -1.76. The maximum Gasteiger partial charge on any atom is 0.0531 e. The zero-order valence-electron chi connectivity index (χ0n) is 12.4. The van der Waals surface area contributed by atoms with Gasteiger partial charge in [-0.2, -0.15) is 0 Å². The summed E-state index contributed by atoms with van der Waals surface area (Å²) >= 11 is 0. The molecule has 0 unspecified atom stereocenters. The summed E-state index contributed by atoms with van der Waals surface area (Å²) in [5, 5.41) is 2.68. The van der Waals surface area contributed by atoms with Crippen molar-refractivity contribution in [2.45, 2.75) is 33.2 Å². The van der Waals surface area contributed by atoms with Crippen LogP contribution in [0.3, 0.4) is 0 Å². The first-order valence-corrected chi connectivity index (χ1v) is 6.88.